The van der Waals surface area contributed by atoms with E-state index in [-0.39, 0.29) is 0 Å². The highest BCUT2D eigenvalue weighted by Gasteiger charge is 2.38. The van der Waals surface area contributed by atoms with Gasteiger partial charge in [0.25, 0.3) is 0 Å². The largest absolute Gasteiger partial charge is 0.497 e. The highest BCUT2D eigenvalue weighted by Crippen LogP contribution is 2.38. The average Bonchev–Trinajstić information content (AvgIpc) is 2.62. The summed E-state index contributed by atoms with van der Waals surface area (Å²) in [6.45, 7) is 6.45. The normalized spacial score (nSPS) is 29.6. The monoisotopic (exact) mass is 308 g/mol. The van der Waals surface area contributed by atoms with E-state index in [0.29, 0.717) is 12.0 Å². The van der Waals surface area contributed by atoms with Crippen LogP contribution >= 0.6 is 0 Å². The van der Waals surface area contributed by atoms with Crippen molar-refractivity contribution in [3.8, 4) is 5.75 Å². The number of methoxy groups -OCH3 is 1. The summed E-state index contributed by atoms with van der Waals surface area (Å²) < 4.78 is 5.40. The Balaban J connectivity index is 1.62. The van der Waals surface area contributed by atoms with Crippen LogP contribution < -0.4 is 4.74 Å². The maximum atomic E-state index is 5.40. The van der Waals surface area contributed by atoms with Crippen LogP contribution in [-0.2, 0) is 6.42 Å². The molecular weight excluding hydrogens is 284 g/mol. The molecule has 0 saturated carbocycles. The van der Waals surface area contributed by atoms with Gasteiger partial charge in [-0.1, -0.05) is 6.08 Å². The van der Waals surface area contributed by atoms with E-state index >= 15 is 0 Å². The van der Waals surface area contributed by atoms with Crippen LogP contribution in [0, 0.1) is 11.8 Å². The first-order valence-corrected chi connectivity index (χ1v) is 8.56. The van der Waals surface area contributed by atoms with Crippen LogP contribution in [0.4, 0.5) is 0 Å². The van der Waals surface area contributed by atoms with Gasteiger partial charge in [-0.2, -0.15) is 0 Å². The lowest BCUT2D eigenvalue weighted by Gasteiger charge is -2.49. The molecule has 0 amide bonds. The van der Waals surface area contributed by atoms with Gasteiger partial charge >= 0.3 is 0 Å². The van der Waals surface area contributed by atoms with Crippen molar-refractivity contribution in [2.75, 3.05) is 20.2 Å². The van der Waals surface area contributed by atoms with Gasteiger partial charge in [0.05, 0.1) is 12.6 Å². The lowest BCUT2D eigenvalue weighted by atomic mass is 9.74. The number of nitrogens with zero attached hydrogens (tertiary/aromatic N) is 2. The molecule has 120 valence electrons. The molecule has 23 heavy (non-hydrogen) atoms. The van der Waals surface area contributed by atoms with Gasteiger partial charge in [0.2, 0.25) is 0 Å². The molecule has 3 fully saturated rings. The van der Waals surface area contributed by atoms with Crippen LogP contribution in [0.1, 0.15) is 18.4 Å². The Kier molecular flexibility index (Phi) is 3.82. The predicted octanol–water partition coefficient (Wildman–Crippen LogP) is 3.68. The number of hydrogen-bond donors (Lipinski definition) is 0. The van der Waals surface area contributed by atoms with Crippen molar-refractivity contribution < 1.29 is 4.74 Å². The second-order valence-electron chi connectivity index (χ2n) is 6.89. The van der Waals surface area contributed by atoms with Gasteiger partial charge in [0.1, 0.15) is 5.75 Å². The van der Waals surface area contributed by atoms with Gasteiger partial charge in [-0.05, 0) is 67.5 Å². The Morgan fingerprint density at radius 3 is 3.04 bits per heavy atom. The molecule has 2 aromatic rings. The maximum absolute atomic E-state index is 5.40. The Morgan fingerprint density at radius 1 is 1.39 bits per heavy atom. The van der Waals surface area contributed by atoms with E-state index in [0.717, 1.165) is 23.6 Å². The van der Waals surface area contributed by atoms with E-state index in [4.69, 9.17) is 4.74 Å². The van der Waals surface area contributed by atoms with Gasteiger partial charge < -0.3 is 4.74 Å². The van der Waals surface area contributed by atoms with Gasteiger partial charge in [-0.25, -0.2) is 0 Å². The van der Waals surface area contributed by atoms with Crippen LogP contribution in [0.25, 0.3) is 10.9 Å². The van der Waals surface area contributed by atoms with E-state index in [1.54, 1.807) is 7.11 Å². The van der Waals surface area contributed by atoms with E-state index in [1.807, 2.05) is 12.3 Å². The van der Waals surface area contributed by atoms with E-state index < -0.39 is 0 Å². The average molecular weight is 308 g/mol. The van der Waals surface area contributed by atoms with Crippen molar-refractivity contribution in [1.29, 1.82) is 0 Å². The summed E-state index contributed by atoms with van der Waals surface area (Å²) in [5.74, 6) is 2.42. The molecule has 4 heterocycles. The summed E-state index contributed by atoms with van der Waals surface area (Å²) in [5.41, 5.74) is 2.45. The van der Waals surface area contributed by atoms with Crippen LogP contribution in [-0.4, -0.2) is 36.1 Å². The molecule has 1 unspecified atom stereocenters. The summed E-state index contributed by atoms with van der Waals surface area (Å²) >= 11 is 0. The zero-order valence-corrected chi connectivity index (χ0v) is 13.7. The van der Waals surface area contributed by atoms with Crippen LogP contribution in [0.2, 0.25) is 0 Å². The molecule has 3 aliphatic rings. The fourth-order valence-corrected chi connectivity index (χ4v) is 4.40. The molecule has 0 aliphatic carbocycles. The SMILES string of the molecule is C=C[C@H]1CN2CC[C@H]1C[C@@H]2Cc1ccnc2ccc(OC)cc12. The molecule has 1 aromatic heterocycles. The van der Waals surface area contributed by atoms with Crippen molar-refractivity contribution in [2.45, 2.75) is 25.3 Å². The van der Waals surface area contributed by atoms with Crippen LogP contribution in [0.15, 0.2) is 43.1 Å². The molecule has 3 saturated heterocycles. The number of hydrogen-bond acceptors (Lipinski definition) is 3. The molecule has 5 rings (SSSR count). The lowest BCUT2D eigenvalue weighted by Crippen LogP contribution is -2.53. The number of pyridine rings is 1. The van der Waals surface area contributed by atoms with Crippen molar-refractivity contribution in [1.82, 2.24) is 9.88 Å². The summed E-state index contributed by atoms with van der Waals surface area (Å²) in [6, 6.07) is 9.00. The van der Waals surface area contributed by atoms with Crippen LogP contribution in [0.3, 0.4) is 0 Å². The van der Waals surface area contributed by atoms with Gasteiger partial charge in [0.15, 0.2) is 0 Å². The fraction of sp³-hybridized carbons (Fsp3) is 0.450. The first-order valence-electron chi connectivity index (χ1n) is 8.56. The molecule has 3 aliphatic heterocycles. The summed E-state index contributed by atoms with van der Waals surface area (Å²) in [6.07, 6.45) is 7.84. The number of fused-ring (bicyclic) bond motifs is 4. The van der Waals surface area contributed by atoms with E-state index in [1.165, 1.54) is 36.9 Å². The Labute approximate surface area is 138 Å². The number of rotatable bonds is 4. The highest BCUT2D eigenvalue weighted by atomic mass is 16.5. The predicted molar refractivity (Wildman–Crippen MR) is 93.8 cm³/mol. The Morgan fingerprint density at radius 2 is 2.30 bits per heavy atom. The smallest absolute Gasteiger partial charge is 0.119 e. The summed E-state index contributed by atoms with van der Waals surface area (Å²) in [7, 11) is 1.72. The molecule has 0 radical (unpaired) electrons. The second kappa shape index (κ2) is 5.97. The van der Waals surface area contributed by atoms with Crippen molar-refractivity contribution in [2.24, 2.45) is 11.8 Å². The molecule has 4 atom stereocenters. The lowest BCUT2D eigenvalue weighted by molar-refractivity contribution is 0.0196. The minimum absolute atomic E-state index is 0.654. The maximum Gasteiger partial charge on any atom is 0.119 e. The molecule has 0 spiro atoms. The van der Waals surface area contributed by atoms with Crippen molar-refractivity contribution in [3.05, 3.63) is 48.7 Å². The van der Waals surface area contributed by atoms with Crippen LogP contribution in [0.5, 0.6) is 5.75 Å². The van der Waals surface area contributed by atoms with Gasteiger partial charge in [-0.15, -0.1) is 6.58 Å². The number of ether oxygens (including phenoxy) is 1. The number of aromatic nitrogens is 1. The van der Waals surface area contributed by atoms with Crippen molar-refractivity contribution >= 4 is 10.9 Å². The third-order valence-electron chi connectivity index (χ3n) is 5.73. The minimum Gasteiger partial charge on any atom is -0.497 e. The molecule has 2 bridgehead atoms. The molecule has 3 heteroatoms. The third kappa shape index (κ3) is 2.63. The van der Waals surface area contributed by atoms with E-state index in [9.17, 15) is 0 Å². The Hall–Kier alpha value is -1.87. The summed E-state index contributed by atoms with van der Waals surface area (Å²) in [5, 5.41) is 1.23. The topological polar surface area (TPSA) is 25.4 Å². The second-order valence-corrected chi connectivity index (χ2v) is 6.89. The number of benzene rings is 1. The number of piperidine rings is 3. The zero-order valence-electron chi connectivity index (χ0n) is 13.7. The molecule has 0 N–H and O–H groups in total. The quantitative estimate of drug-likeness (QED) is 0.806. The third-order valence-corrected chi connectivity index (χ3v) is 5.73. The molecule has 3 nitrogen and oxygen atoms in total. The minimum atomic E-state index is 0.654. The first kappa shape index (κ1) is 14.7. The first-order chi connectivity index (χ1) is 11.3. The standard InChI is InChI=1S/C20H24N2O/c1-3-14-13-22-9-7-15(14)10-17(22)11-16-6-8-21-20-5-4-18(23-2)12-19(16)20/h3-6,8,12,14-15,17H,1,7,9-11,13H2,2H3/t14-,15-,17+/m0/s1. The van der Waals surface area contributed by atoms with E-state index in [2.05, 4.69) is 40.7 Å². The Bertz CT molecular complexity index is 727. The van der Waals surface area contributed by atoms with Crippen molar-refractivity contribution in [3.63, 3.8) is 0 Å². The van der Waals surface area contributed by atoms with Gasteiger partial charge in [0, 0.05) is 24.2 Å². The van der Waals surface area contributed by atoms with Gasteiger partial charge in [-0.3, -0.25) is 9.88 Å². The molecule has 1 aromatic carbocycles. The summed E-state index contributed by atoms with van der Waals surface area (Å²) in [4.78, 5) is 7.17. The fourth-order valence-electron chi connectivity index (χ4n) is 4.40. The molecular formula is C20H24N2O. The highest BCUT2D eigenvalue weighted by molar-refractivity contribution is 5.83. The zero-order chi connectivity index (χ0) is 15.8.